The number of carbonyl (C=O) groups excluding carboxylic acids is 1. The molecule has 0 saturated heterocycles. The van der Waals surface area contributed by atoms with Crippen molar-refractivity contribution in [3.8, 4) is 16.9 Å². The Balaban J connectivity index is 1.59. The number of nitrogens with zero attached hydrogens (tertiary/aromatic N) is 3. The summed E-state index contributed by atoms with van der Waals surface area (Å²) in [6.07, 6.45) is 0. The van der Waals surface area contributed by atoms with Gasteiger partial charge in [0.05, 0.1) is 30.3 Å². The lowest BCUT2D eigenvalue weighted by atomic mass is 10.1. The lowest BCUT2D eigenvalue weighted by molar-refractivity contribution is -0.116. The van der Waals surface area contributed by atoms with E-state index in [0.717, 1.165) is 21.1 Å². The number of hydrogen-bond acceptors (Lipinski definition) is 5. The average Bonchev–Trinajstić information content (AvgIpc) is 3.31. The molecule has 3 aromatic carbocycles. The highest BCUT2D eigenvalue weighted by Crippen LogP contribution is 2.25. The van der Waals surface area contributed by atoms with Gasteiger partial charge in [-0.25, -0.2) is 13.1 Å². The largest absolute Gasteiger partial charge is 0.383 e. The standard InChI is InChI=1S/C28H30N4O4S/c1-22-13-15-25(16-14-22)32-27(19-26(30-32)24-11-7-4-8-12-24)29-28(33)20-31(17-18-36-2)37(34,35)21-23-9-5-3-6-10-23/h3-16,19H,17-18,20-21H2,1-2H3,(H,29,33). The molecule has 1 amide bonds. The second kappa shape index (κ2) is 12.0. The number of carbonyl (C=O) groups is 1. The minimum Gasteiger partial charge on any atom is -0.383 e. The number of ether oxygens (including phenoxy) is 1. The predicted molar refractivity (Wildman–Crippen MR) is 145 cm³/mol. The van der Waals surface area contributed by atoms with Gasteiger partial charge >= 0.3 is 0 Å². The van der Waals surface area contributed by atoms with E-state index in [4.69, 9.17) is 9.84 Å². The van der Waals surface area contributed by atoms with Crippen LogP contribution in [0.5, 0.6) is 0 Å². The fraction of sp³-hybridized carbons (Fsp3) is 0.214. The molecular formula is C28H30N4O4S. The number of sulfonamides is 1. The molecule has 9 heteroatoms. The van der Waals surface area contributed by atoms with Crippen LogP contribution in [-0.4, -0.2) is 55.2 Å². The molecule has 1 N–H and O–H groups in total. The Kier molecular flexibility index (Phi) is 8.50. The maximum absolute atomic E-state index is 13.2. The van der Waals surface area contributed by atoms with Gasteiger partial charge in [0, 0.05) is 25.3 Å². The van der Waals surface area contributed by atoms with Gasteiger partial charge in [0.15, 0.2) is 0 Å². The highest BCUT2D eigenvalue weighted by atomic mass is 32.2. The molecule has 0 saturated carbocycles. The van der Waals surface area contributed by atoms with Crippen molar-refractivity contribution < 1.29 is 17.9 Å². The SMILES string of the molecule is COCCN(CC(=O)Nc1cc(-c2ccccc2)nn1-c1ccc(C)cc1)S(=O)(=O)Cc1ccccc1. The highest BCUT2D eigenvalue weighted by Gasteiger charge is 2.25. The number of rotatable bonds is 11. The Hall–Kier alpha value is -3.79. The van der Waals surface area contributed by atoms with Crippen molar-refractivity contribution >= 4 is 21.7 Å². The molecule has 0 radical (unpaired) electrons. The van der Waals surface area contributed by atoms with Crippen molar-refractivity contribution in [3.63, 3.8) is 0 Å². The van der Waals surface area contributed by atoms with Gasteiger partial charge in [-0.3, -0.25) is 4.79 Å². The van der Waals surface area contributed by atoms with Crippen LogP contribution in [0.15, 0.2) is 91.0 Å². The van der Waals surface area contributed by atoms with Crippen LogP contribution in [0, 0.1) is 6.92 Å². The zero-order valence-corrected chi connectivity index (χ0v) is 21.7. The van der Waals surface area contributed by atoms with Crippen LogP contribution < -0.4 is 5.32 Å². The summed E-state index contributed by atoms with van der Waals surface area (Å²) in [5.74, 6) is -0.231. The second-order valence-corrected chi connectivity index (χ2v) is 10.6. The van der Waals surface area contributed by atoms with Crippen molar-refractivity contribution in [2.24, 2.45) is 0 Å². The molecule has 4 aromatic rings. The van der Waals surface area contributed by atoms with E-state index >= 15 is 0 Å². The van der Waals surface area contributed by atoms with E-state index in [1.165, 1.54) is 7.11 Å². The summed E-state index contributed by atoms with van der Waals surface area (Å²) in [6, 6.07) is 28.1. The number of nitrogens with one attached hydrogen (secondary N) is 1. The number of anilines is 1. The molecule has 8 nitrogen and oxygen atoms in total. The Morgan fingerprint density at radius 3 is 2.27 bits per heavy atom. The summed E-state index contributed by atoms with van der Waals surface area (Å²) in [7, 11) is -2.28. The van der Waals surface area contributed by atoms with E-state index in [1.54, 1.807) is 35.0 Å². The van der Waals surface area contributed by atoms with E-state index in [9.17, 15) is 13.2 Å². The van der Waals surface area contributed by atoms with Crippen molar-refractivity contribution in [2.45, 2.75) is 12.7 Å². The molecule has 0 aliphatic carbocycles. The molecule has 0 atom stereocenters. The zero-order valence-electron chi connectivity index (χ0n) is 20.9. The molecule has 192 valence electrons. The van der Waals surface area contributed by atoms with Gasteiger partial charge in [-0.15, -0.1) is 0 Å². The van der Waals surface area contributed by atoms with Crippen molar-refractivity contribution in [3.05, 3.63) is 102 Å². The fourth-order valence-electron chi connectivity index (χ4n) is 3.83. The molecular weight excluding hydrogens is 488 g/mol. The van der Waals surface area contributed by atoms with Gasteiger partial charge in [0.1, 0.15) is 5.82 Å². The fourth-order valence-corrected chi connectivity index (χ4v) is 5.29. The van der Waals surface area contributed by atoms with Crippen molar-refractivity contribution in [1.29, 1.82) is 0 Å². The Morgan fingerprint density at radius 1 is 0.973 bits per heavy atom. The lowest BCUT2D eigenvalue weighted by Crippen LogP contribution is -2.40. The van der Waals surface area contributed by atoms with Crippen LogP contribution in [0.25, 0.3) is 16.9 Å². The Bertz CT molecular complexity index is 1420. The van der Waals surface area contributed by atoms with E-state index in [-0.39, 0.29) is 25.4 Å². The monoisotopic (exact) mass is 518 g/mol. The van der Waals surface area contributed by atoms with Crippen molar-refractivity contribution in [1.82, 2.24) is 14.1 Å². The van der Waals surface area contributed by atoms with Gasteiger partial charge < -0.3 is 10.1 Å². The van der Waals surface area contributed by atoms with Crippen LogP contribution in [0.2, 0.25) is 0 Å². The number of methoxy groups -OCH3 is 1. The average molecular weight is 519 g/mol. The van der Waals surface area contributed by atoms with E-state index in [2.05, 4.69) is 5.32 Å². The van der Waals surface area contributed by atoms with Crippen LogP contribution in [-0.2, 0) is 25.3 Å². The molecule has 0 aliphatic heterocycles. The number of aryl methyl sites for hydroxylation is 1. The smallest absolute Gasteiger partial charge is 0.240 e. The first-order valence-corrected chi connectivity index (χ1v) is 13.5. The minimum atomic E-state index is -3.77. The molecule has 1 heterocycles. The summed E-state index contributed by atoms with van der Waals surface area (Å²) in [6.45, 7) is 1.88. The molecule has 37 heavy (non-hydrogen) atoms. The third kappa shape index (κ3) is 6.91. The molecule has 4 rings (SSSR count). The van der Waals surface area contributed by atoms with E-state index in [1.807, 2.05) is 67.6 Å². The topological polar surface area (TPSA) is 93.5 Å². The normalized spacial score (nSPS) is 11.5. The first kappa shape index (κ1) is 26.3. The summed E-state index contributed by atoms with van der Waals surface area (Å²) in [5.41, 5.74) is 4.11. The maximum Gasteiger partial charge on any atom is 0.240 e. The molecule has 0 aliphatic rings. The van der Waals surface area contributed by atoms with E-state index < -0.39 is 15.9 Å². The first-order chi connectivity index (χ1) is 17.9. The van der Waals surface area contributed by atoms with Gasteiger partial charge in [0.2, 0.25) is 15.9 Å². The molecule has 0 fully saturated rings. The minimum absolute atomic E-state index is 0.0611. The molecule has 1 aromatic heterocycles. The van der Waals surface area contributed by atoms with Crippen LogP contribution in [0.3, 0.4) is 0 Å². The van der Waals surface area contributed by atoms with Gasteiger partial charge in [-0.05, 0) is 24.6 Å². The summed E-state index contributed by atoms with van der Waals surface area (Å²) < 4.78 is 34.3. The molecule has 0 unspecified atom stereocenters. The van der Waals surface area contributed by atoms with Crippen LogP contribution in [0.4, 0.5) is 5.82 Å². The lowest BCUT2D eigenvalue weighted by Gasteiger charge is -2.21. The number of hydrogen-bond donors (Lipinski definition) is 1. The summed E-state index contributed by atoms with van der Waals surface area (Å²) >= 11 is 0. The summed E-state index contributed by atoms with van der Waals surface area (Å²) in [4.78, 5) is 13.2. The Labute approximate surface area is 217 Å². The third-order valence-electron chi connectivity index (χ3n) is 5.78. The van der Waals surface area contributed by atoms with Crippen LogP contribution in [0.1, 0.15) is 11.1 Å². The van der Waals surface area contributed by atoms with Crippen LogP contribution >= 0.6 is 0 Å². The van der Waals surface area contributed by atoms with Gasteiger partial charge in [-0.2, -0.15) is 9.40 Å². The summed E-state index contributed by atoms with van der Waals surface area (Å²) in [5, 5.41) is 7.59. The van der Waals surface area contributed by atoms with Gasteiger partial charge in [-0.1, -0.05) is 78.4 Å². The van der Waals surface area contributed by atoms with E-state index in [0.29, 0.717) is 17.1 Å². The number of benzene rings is 3. The Morgan fingerprint density at radius 2 is 1.62 bits per heavy atom. The third-order valence-corrected chi connectivity index (χ3v) is 7.57. The van der Waals surface area contributed by atoms with Gasteiger partial charge in [0.25, 0.3) is 0 Å². The highest BCUT2D eigenvalue weighted by molar-refractivity contribution is 7.88. The maximum atomic E-state index is 13.2. The quantitative estimate of drug-likeness (QED) is 0.320. The number of amides is 1. The predicted octanol–water partition coefficient (Wildman–Crippen LogP) is 4.26. The zero-order chi connectivity index (χ0) is 26.3. The van der Waals surface area contributed by atoms with Crippen molar-refractivity contribution in [2.75, 3.05) is 32.1 Å². The molecule has 0 spiro atoms. The molecule has 0 bridgehead atoms. The second-order valence-electron chi connectivity index (χ2n) is 8.64. The first-order valence-electron chi connectivity index (χ1n) is 11.9. The number of aromatic nitrogens is 2.